The fraction of sp³-hybridized carbons (Fsp3) is 0.550. The normalized spacial score (nSPS) is 25.5. The third-order valence-corrected chi connectivity index (χ3v) is 5.06. The lowest BCUT2D eigenvalue weighted by Crippen LogP contribution is -2.48. The molecule has 0 radical (unpaired) electrons. The van der Waals surface area contributed by atoms with Crippen LogP contribution in [0.1, 0.15) is 20.3 Å². The number of hydrazone groups is 1. The maximum atomic E-state index is 12.8. The monoisotopic (exact) mass is 388 g/mol. The lowest BCUT2D eigenvalue weighted by molar-refractivity contribution is -0.138. The molecule has 1 amide bonds. The number of nitrogens with zero attached hydrogens (tertiary/aromatic N) is 4. The van der Waals surface area contributed by atoms with Gasteiger partial charge >= 0.3 is 5.97 Å². The summed E-state index contributed by atoms with van der Waals surface area (Å²) >= 11 is 0. The third kappa shape index (κ3) is 4.69. The number of amides is 1. The van der Waals surface area contributed by atoms with Gasteiger partial charge < -0.3 is 14.7 Å². The van der Waals surface area contributed by atoms with Gasteiger partial charge in [0.25, 0.3) is 5.91 Å². The van der Waals surface area contributed by atoms with Crippen molar-refractivity contribution in [2.24, 2.45) is 5.10 Å². The second kappa shape index (κ2) is 8.70. The van der Waals surface area contributed by atoms with Crippen LogP contribution in [0.25, 0.3) is 0 Å². The summed E-state index contributed by atoms with van der Waals surface area (Å²) in [6, 6.07) is 8.21. The minimum absolute atomic E-state index is 0.0963. The van der Waals surface area contributed by atoms with E-state index < -0.39 is 12.0 Å². The summed E-state index contributed by atoms with van der Waals surface area (Å²) in [6.45, 7) is 7.09. The Bertz CT molecular complexity index is 729. The van der Waals surface area contributed by atoms with Crippen molar-refractivity contribution in [2.45, 2.75) is 38.5 Å². The number of benzene rings is 1. The number of ether oxygens (including phenoxy) is 1. The summed E-state index contributed by atoms with van der Waals surface area (Å²) in [7, 11) is 1.74. The van der Waals surface area contributed by atoms with Crippen LogP contribution in [0, 0.1) is 0 Å². The molecule has 3 atom stereocenters. The van der Waals surface area contributed by atoms with Gasteiger partial charge in [0.1, 0.15) is 5.71 Å². The van der Waals surface area contributed by atoms with Gasteiger partial charge in [-0.15, -0.1) is 0 Å². The van der Waals surface area contributed by atoms with Crippen LogP contribution >= 0.6 is 0 Å². The molecule has 1 unspecified atom stereocenters. The Labute approximate surface area is 165 Å². The molecule has 1 fully saturated rings. The van der Waals surface area contributed by atoms with E-state index in [0.717, 1.165) is 19.6 Å². The highest BCUT2D eigenvalue weighted by Gasteiger charge is 2.37. The zero-order chi connectivity index (χ0) is 20.3. The topological polar surface area (TPSA) is 85.7 Å². The Kier molecular flexibility index (Phi) is 6.31. The zero-order valence-corrected chi connectivity index (χ0v) is 16.6. The minimum Gasteiger partial charge on any atom is -0.480 e. The second-order valence-corrected chi connectivity index (χ2v) is 7.53. The van der Waals surface area contributed by atoms with E-state index in [-0.39, 0.29) is 30.2 Å². The zero-order valence-electron chi connectivity index (χ0n) is 16.6. The molecule has 2 heterocycles. The third-order valence-electron chi connectivity index (χ3n) is 5.06. The number of carboxylic acids is 1. The highest BCUT2D eigenvalue weighted by Crippen LogP contribution is 2.25. The summed E-state index contributed by atoms with van der Waals surface area (Å²) in [5.74, 6) is -1.21. The van der Waals surface area contributed by atoms with E-state index in [1.54, 1.807) is 24.1 Å². The van der Waals surface area contributed by atoms with E-state index in [1.807, 2.05) is 18.2 Å². The van der Waals surface area contributed by atoms with Crippen LogP contribution in [0.5, 0.6) is 0 Å². The van der Waals surface area contributed by atoms with Gasteiger partial charge in [-0.2, -0.15) is 5.10 Å². The van der Waals surface area contributed by atoms with Crippen molar-refractivity contribution in [2.75, 3.05) is 38.2 Å². The van der Waals surface area contributed by atoms with E-state index in [0.29, 0.717) is 12.2 Å². The first-order chi connectivity index (χ1) is 13.3. The van der Waals surface area contributed by atoms with Crippen LogP contribution in [0.3, 0.4) is 0 Å². The van der Waals surface area contributed by atoms with Crippen molar-refractivity contribution in [1.82, 2.24) is 9.80 Å². The van der Waals surface area contributed by atoms with Gasteiger partial charge in [0.05, 0.1) is 17.9 Å². The number of carbonyl (C=O) groups excluding carboxylic acids is 1. The molecule has 28 heavy (non-hydrogen) atoms. The highest BCUT2D eigenvalue weighted by atomic mass is 16.5. The molecule has 0 aromatic heterocycles. The first-order valence-corrected chi connectivity index (χ1v) is 9.63. The molecule has 1 aromatic rings. The van der Waals surface area contributed by atoms with E-state index in [2.05, 4.69) is 23.8 Å². The second-order valence-electron chi connectivity index (χ2n) is 7.53. The number of hydrogen-bond donors (Lipinski definition) is 1. The number of rotatable bonds is 6. The standard InChI is InChI=1S/C20H28N4O4/c1-14-12-23(13-15(2)28-14)10-9-22(3)19(25)17-11-18(20(26)27)24(21-17)16-7-5-4-6-8-16/h4-8,14-15,18H,9-13H2,1-3H3,(H,26,27)/t14-,15+,18?. The van der Waals surface area contributed by atoms with Crippen LogP contribution in [-0.2, 0) is 14.3 Å². The Morgan fingerprint density at radius 3 is 2.46 bits per heavy atom. The molecule has 2 aliphatic rings. The van der Waals surface area contributed by atoms with Crippen molar-refractivity contribution >= 4 is 23.3 Å². The average Bonchev–Trinajstić information content (AvgIpc) is 3.11. The molecule has 1 saturated heterocycles. The number of morpholine rings is 1. The minimum atomic E-state index is -0.991. The molecular weight excluding hydrogens is 360 g/mol. The molecule has 8 heteroatoms. The van der Waals surface area contributed by atoms with Gasteiger partial charge in [-0.05, 0) is 26.0 Å². The van der Waals surface area contributed by atoms with Crippen LogP contribution < -0.4 is 5.01 Å². The van der Waals surface area contributed by atoms with Crippen LogP contribution in [-0.4, -0.2) is 84.0 Å². The van der Waals surface area contributed by atoms with Crippen LogP contribution in [0.4, 0.5) is 5.69 Å². The van der Waals surface area contributed by atoms with Gasteiger partial charge in [-0.25, -0.2) is 4.79 Å². The summed E-state index contributed by atoms with van der Waals surface area (Å²) in [5, 5.41) is 15.3. The number of para-hydroxylation sites is 1. The van der Waals surface area contributed by atoms with E-state index in [4.69, 9.17) is 4.74 Å². The smallest absolute Gasteiger partial charge is 0.328 e. The quantitative estimate of drug-likeness (QED) is 0.790. The summed E-state index contributed by atoms with van der Waals surface area (Å²) in [4.78, 5) is 28.4. The molecule has 3 rings (SSSR count). The highest BCUT2D eigenvalue weighted by molar-refractivity contribution is 6.40. The van der Waals surface area contributed by atoms with Crippen molar-refractivity contribution in [3.05, 3.63) is 30.3 Å². The molecule has 152 valence electrons. The molecule has 0 aliphatic carbocycles. The molecule has 0 bridgehead atoms. The number of carbonyl (C=O) groups is 2. The lowest BCUT2D eigenvalue weighted by Gasteiger charge is -2.36. The van der Waals surface area contributed by atoms with E-state index >= 15 is 0 Å². The van der Waals surface area contributed by atoms with Gasteiger partial charge in [0, 0.05) is 39.6 Å². The molecule has 1 aromatic carbocycles. The average molecular weight is 388 g/mol. The Balaban J connectivity index is 1.63. The molecule has 0 saturated carbocycles. The van der Waals surface area contributed by atoms with Gasteiger partial charge in [0.15, 0.2) is 6.04 Å². The molecular formula is C20H28N4O4. The van der Waals surface area contributed by atoms with Crippen molar-refractivity contribution in [1.29, 1.82) is 0 Å². The SMILES string of the molecule is C[C@@H]1CN(CCN(C)C(=O)C2=NN(c3ccccc3)C(C(=O)O)C2)C[C@H](C)O1. The van der Waals surface area contributed by atoms with Crippen LogP contribution in [0.2, 0.25) is 0 Å². The maximum absolute atomic E-state index is 12.8. The first kappa shape index (κ1) is 20.3. The predicted octanol–water partition coefficient (Wildman–Crippen LogP) is 1.27. The van der Waals surface area contributed by atoms with Gasteiger partial charge in [0.2, 0.25) is 0 Å². The Hall–Kier alpha value is -2.45. The number of aliphatic carboxylic acids is 1. The molecule has 1 N–H and O–H groups in total. The number of hydrogen-bond acceptors (Lipinski definition) is 6. The summed E-state index contributed by atoms with van der Waals surface area (Å²) in [5.41, 5.74) is 0.944. The molecule has 8 nitrogen and oxygen atoms in total. The van der Waals surface area contributed by atoms with Gasteiger partial charge in [-0.3, -0.25) is 14.7 Å². The maximum Gasteiger partial charge on any atom is 0.328 e. The first-order valence-electron chi connectivity index (χ1n) is 9.63. The van der Waals surface area contributed by atoms with E-state index in [9.17, 15) is 14.7 Å². The Morgan fingerprint density at radius 2 is 1.86 bits per heavy atom. The predicted molar refractivity (Wildman–Crippen MR) is 106 cm³/mol. The van der Waals surface area contributed by atoms with Crippen molar-refractivity contribution in [3.8, 4) is 0 Å². The Morgan fingerprint density at radius 1 is 1.21 bits per heavy atom. The fourth-order valence-corrected chi connectivity index (χ4v) is 3.73. The number of carboxylic acid groups (broad SMARTS) is 1. The van der Waals surface area contributed by atoms with Gasteiger partial charge in [-0.1, -0.05) is 18.2 Å². The largest absolute Gasteiger partial charge is 0.480 e. The van der Waals surface area contributed by atoms with Crippen molar-refractivity contribution in [3.63, 3.8) is 0 Å². The van der Waals surface area contributed by atoms with Crippen molar-refractivity contribution < 1.29 is 19.4 Å². The number of anilines is 1. The molecule has 2 aliphatic heterocycles. The number of likely N-dealkylation sites (N-methyl/N-ethyl adjacent to an activating group) is 1. The fourth-order valence-electron chi connectivity index (χ4n) is 3.73. The molecule has 0 spiro atoms. The van der Waals surface area contributed by atoms with Crippen LogP contribution in [0.15, 0.2) is 35.4 Å². The summed E-state index contributed by atoms with van der Waals surface area (Å²) in [6.07, 6.45) is 0.457. The van der Waals surface area contributed by atoms with E-state index in [1.165, 1.54) is 5.01 Å². The lowest BCUT2D eigenvalue weighted by atomic mass is 10.1. The summed E-state index contributed by atoms with van der Waals surface area (Å²) < 4.78 is 5.74.